The molecule has 3 N–H and O–H groups in total. The lowest BCUT2D eigenvalue weighted by molar-refractivity contribution is -0.134. The van der Waals surface area contributed by atoms with Crippen molar-refractivity contribution in [3.63, 3.8) is 0 Å². The fourth-order valence-corrected chi connectivity index (χ4v) is 2.38. The van der Waals surface area contributed by atoms with Crippen molar-refractivity contribution < 1.29 is 9.90 Å². The molecule has 1 amide bonds. The van der Waals surface area contributed by atoms with Gasteiger partial charge in [0.05, 0.1) is 18.7 Å². The molecule has 94 valence electrons. The Morgan fingerprint density at radius 2 is 2.19 bits per heavy atom. The Morgan fingerprint density at radius 1 is 1.56 bits per heavy atom. The smallest absolute Gasteiger partial charge is 0.239 e. The molecule has 1 aliphatic rings. The third-order valence-electron chi connectivity index (χ3n) is 3.40. The number of carbonyl (C=O) groups excluding carboxylic acids is 1. The van der Waals surface area contributed by atoms with E-state index in [1.165, 1.54) is 0 Å². The van der Waals surface area contributed by atoms with Gasteiger partial charge < -0.3 is 15.7 Å². The van der Waals surface area contributed by atoms with Crippen LogP contribution >= 0.6 is 0 Å². The van der Waals surface area contributed by atoms with Crippen molar-refractivity contribution in [1.29, 1.82) is 0 Å². The van der Waals surface area contributed by atoms with Gasteiger partial charge >= 0.3 is 0 Å². The summed E-state index contributed by atoms with van der Waals surface area (Å²) in [7, 11) is 0. The van der Waals surface area contributed by atoms with Crippen LogP contribution in [0.2, 0.25) is 0 Å². The Bertz CT molecular complexity index is 243. The van der Waals surface area contributed by atoms with Gasteiger partial charge in [0.25, 0.3) is 0 Å². The predicted octanol–water partition coefficient (Wildman–Crippen LogP) is 0.589. The standard InChI is InChI=1S/C12H24N2O2/c1-8(2)6-10(13)12(16)14-5-4-9(3)11(14)7-15/h8-11,15H,4-7,13H2,1-3H3/t9?,10-,11?/m0/s1. The molecule has 1 saturated heterocycles. The fraction of sp³-hybridized carbons (Fsp3) is 0.917. The van der Waals surface area contributed by atoms with E-state index in [-0.39, 0.29) is 18.6 Å². The highest BCUT2D eigenvalue weighted by atomic mass is 16.3. The number of nitrogens with zero attached hydrogens (tertiary/aromatic N) is 1. The highest BCUT2D eigenvalue weighted by Crippen LogP contribution is 2.24. The van der Waals surface area contributed by atoms with Crippen molar-refractivity contribution in [3.05, 3.63) is 0 Å². The number of likely N-dealkylation sites (tertiary alicyclic amines) is 1. The number of hydrogen-bond donors (Lipinski definition) is 2. The lowest BCUT2D eigenvalue weighted by Crippen LogP contribution is -2.48. The average Bonchev–Trinajstić information content (AvgIpc) is 2.57. The SMILES string of the molecule is CC(C)C[C@H](N)C(=O)N1CCC(C)C1CO. The van der Waals surface area contributed by atoms with Gasteiger partial charge in [-0.05, 0) is 24.7 Å². The van der Waals surface area contributed by atoms with Gasteiger partial charge in [0.15, 0.2) is 0 Å². The van der Waals surface area contributed by atoms with E-state index in [4.69, 9.17) is 5.73 Å². The van der Waals surface area contributed by atoms with Crippen molar-refractivity contribution in [2.24, 2.45) is 17.6 Å². The summed E-state index contributed by atoms with van der Waals surface area (Å²) < 4.78 is 0. The molecule has 2 unspecified atom stereocenters. The molecule has 4 heteroatoms. The molecule has 3 atom stereocenters. The Hall–Kier alpha value is -0.610. The van der Waals surface area contributed by atoms with Crippen LogP contribution in [0.1, 0.15) is 33.6 Å². The first-order valence-electron chi connectivity index (χ1n) is 6.14. The summed E-state index contributed by atoms with van der Waals surface area (Å²) in [6.07, 6.45) is 1.67. The minimum Gasteiger partial charge on any atom is -0.394 e. The van der Waals surface area contributed by atoms with Crippen LogP contribution < -0.4 is 5.73 Å². The maximum atomic E-state index is 12.1. The first-order valence-corrected chi connectivity index (χ1v) is 6.14. The molecule has 0 aromatic rings. The molecule has 1 rings (SSSR count). The largest absolute Gasteiger partial charge is 0.394 e. The molecule has 0 aromatic heterocycles. The van der Waals surface area contributed by atoms with E-state index in [0.29, 0.717) is 18.3 Å². The van der Waals surface area contributed by atoms with Crippen LogP contribution in [0.5, 0.6) is 0 Å². The van der Waals surface area contributed by atoms with Crippen molar-refractivity contribution in [2.45, 2.75) is 45.7 Å². The van der Waals surface area contributed by atoms with E-state index >= 15 is 0 Å². The molecular formula is C12H24N2O2. The van der Waals surface area contributed by atoms with Crippen LogP contribution in [0.4, 0.5) is 0 Å². The average molecular weight is 228 g/mol. The van der Waals surface area contributed by atoms with Gasteiger partial charge in [-0.1, -0.05) is 20.8 Å². The van der Waals surface area contributed by atoms with Crippen molar-refractivity contribution in [3.8, 4) is 0 Å². The summed E-state index contributed by atoms with van der Waals surface area (Å²) in [5, 5.41) is 9.28. The fourth-order valence-electron chi connectivity index (χ4n) is 2.38. The van der Waals surface area contributed by atoms with Crippen LogP contribution in [0, 0.1) is 11.8 Å². The Morgan fingerprint density at radius 3 is 2.69 bits per heavy atom. The Balaban J connectivity index is 2.59. The molecule has 4 nitrogen and oxygen atoms in total. The third kappa shape index (κ3) is 2.95. The van der Waals surface area contributed by atoms with E-state index in [9.17, 15) is 9.90 Å². The Kier molecular flexibility index (Phi) is 4.74. The molecule has 1 fully saturated rings. The van der Waals surface area contributed by atoms with Crippen LogP contribution in [0.25, 0.3) is 0 Å². The van der Waals surface area contributed by atoms with E-state index < -0.39 is 6.04 Å². The molecule has 1 heterocycles. The predicted molar refractivity (Wildman–Crippen MR) is 63.8 cm³/mol. The summed E-state index contributed by atoms with van der Waals surface area (Å²) in [4.78, 5) is 13.8. The van der Waals surface area contributed by atoms with Gasteiger partial charge in [0.2, 0.25) is 5.91 Å². The maximum Gasteiger partial charge on any atom is 0.239 e. The topological polar surface area (TPSA) is 66.6 Å². The quantitative estimate of drug-likeness (QED) is 0.740. The zero-order valence-electron chi connectivity index (χ0n) is 10.5. The zero-order chi connectivity index (χ0) is 12.3. The second-order valence-electron chi connectivity index (χ2n) is 5.28. The zero-order valence-corrected chi connectivity index (χ0v) is 10.5. The van der Waals surface area contributed by atoms with Crippen molar-refractivity contribution >= 4 is 5.91 Å². The molecule has 1 aliphatic heterocycles. The minimum absolute atomic E-state index is 0.00269. The number of carbonyl (C=O) groups is 1. The van der Waals surface area contributed by atoms with Crippen molar-refractivity contribution in [2.75, 3.05) is 13.2 Å². The van der Waals surface area contributed by atoms with Crippen molar-refractivity contribution in [1.82, 2.24) is 4.90 Å². The normalized spacial score (nSPS) is 27.5. The molecule has 0 spiro atoms. The maximum absolute atomic E-state index is 12.1. The van der Waals surface area contributed by atoms with E-state index in [1.54, 1.807) is 4.90 Å². The first kappa shape index (κ1) is 13.5. The molecule has 0 radical (unpaired) electrons. The summed E-state index contributed by atoms with van der Waals surface area (Å²) in [5.74, 6) is 0.795. The number of nitrogens with two attached hydrogens (primary N) is 1. The monoisotopic (exact) mass is 228 g/mol. The minimum atomic E-state index is -0.417. The lowest BCUT2D eigenvalue weighted by atomic mass is 10.0. The number of rotatable bonds is 4. The van der Waals surface area contributed by atoms with Gasteiger partial charge in [0, 0.05) is 6.54 Å². The molecule has 0 saturated carbocycles. The molecule has 16 heavy (non-hydrogen) atoms. The second kappa shape index (κ2) is 5.64. The second-order valence-corrected chi connectivity index (χ2v) is 5.28. The van der Waals surface area contributed by atoms with Gasteiger partial charge in [-0.3, -0.25) is 4.79 Å². The van der Waals surface area contributed by atoms with Crippen LogP contribution in [0.3, 0.4) is 0 Å². The van der Waals surface area contributed by atoms with Gasteiger partial charge in [0.1, 0.15) is 0 Å². The summed E-state index contributed by atoms with van der Waals surface area (Å²) in [5.41, 5.74) is 5.89. The molecule has 0 bridgehead atoms. The number of aliphatic hydroxyl groups is 1. The first-order chi connectivity index (χ1) is 7.47. The van der Waals surface area contributed by atoms with Crippen LogP contribution in [-0.2, 0) is 4.79 Å². The summed E-state index contributed by atoms with van der Waals surface area (Å²) >= 11 is 0. The molecule has 0 aromatic carbocycles. The third-order valence-corrected chi connectivity index (χ3v) is 3.40. The summed E-state index contributed by atoms with van der Waals surface area (Å²) in [6.45, 7) is 6.97. The van der Waals surface area contributed by atoms with E-state index in [1.807, 2.05) is 0 Å². The Labute approximate surface area is 97.8 Å². The molecule has 0 aliphatic carbocycles. The summed E-state index contributed by atoms with van der Waals surface area (Å²) in [6, 6.07) is -0.454. The van der Waals surface area contributed by atoms with Gasteiger partial charge in [-0.15, -0.1) is 0 Å². The van der Waals surface area contributed by atoms with Gasteiger partial charge in [-0.2, -0.15) is 0 Å². The number of amides is 1. The number of hydrogen-bond acceptors (Lipinski definition) is 3. The van der Waals surface area contributed by atoms with Gasteiger partial charge in [-0.25, -0.2) is 0 Å². The van der Waals surface area contributed by atoms with E-state index in [0.717, 1.165) is 13.0 Å². The van der Waals surface area contributed by atoms with E-state index in [2.05, 4.69) is 20.8 Å². The molecular weight excluding hydrogens is 204 g/mol. The lowest BCUT2D eigenvalue weighted by Gasteiger charge is -2.28. The van der Waals surface area contributed by atoms with Crippen LogP contribution in [-0.4, -0.2) is 41.1 Å². The number of aliphatic hydroxyl groups excluding tert-OH is 1. The highest BCUT2D eigenvalue weighted by Gasteiger charge is 2.35. The van der Waals surface area contributed by atoms with Crippen LogP contribution in [0.15, 0.2) is 0 Å². The highest BCUT2D eigenvalue weighted by molar-refractivity contribution is 5.82.